The number of aromatic nitrogens is 1. The summed E-state index contributed by atoms with van der Waals surface area (Å²) >= 11 is 0. The SMILES string of the molecule is CCn1cc(/C=C2\Oc3c(ccc(O)c3CN3CC(C)CC(C)C3)C2=O)c2ccccc21. The molecule has 0 radical (unpaired) electrons. The van der Waals surface area contributed by atoms with Gasteiger partial charge >= 0.3 is 0 Å². The first-order chi connectivity index (χ1) is 15.4. The van der Waals surface area contributed by atoms with Gasteiger partial charge in [-0.2, -0.15) is 0 Å². The van der Waals surface area contributed by atoms with E-state index in [0.717, 1.165) is 36.1 Å². The molecule has 1 N–H and O–H groups in total. The summed E-state index contributed by atoms with van der Waals surface area (Å²) in [5, 5.41) is 11.7. The highest BCUT2D eigenvalue weighted by molar-refractivity contribution is 6.15. The van der Waals surface area contributed by atoms with Crippen molar-refractivity contribution in [2.75, 3.05) is 13.1 Å². The number of phenols is 1. The zero-order valence-electron chi connectivity index (χ0n) is 19.0. The number of aromatic hydroxyl groups is 1. The van der Waals surface area contributed by atoms with Gasteiger partial charge < -0.3 is 14.4 Å². The summed E-state index contributed by atoms with van der Waals surface area (Å²) in [5.41, 5.74) is 3.33. The van der Waals surface area contributed by atoms with Gasteiger partial charge in [0, 0.05) is 48.8 Å². The largest absolute Gasteiger partial charge is 0.507 e. The number of Topliss-reactive ketones (excluding diaryl/α,β-unsaturated/α-hetero) is 1. The molecule has 2 aliphatic rings. The van der Waals surface area contributed by atoms with Crippen molar-refractivity contribution in [2.45, 2.75) is 40.3 Å². The third kappa shape index (κ3) is 3.61. The Hall–Kier alpha value is -3.05. The van der Waals surface area contributed by atoms with E-state index in [2.05, 4.69) is 48.6 Å². The third-order valence-corrected chi connectivity index (χ3v) is 6.69. The minimum atomic E-state index is -0.130. The summed E-state index contributed by atoms with van der Waals surface area (Å²) in [4.78, 5) is 15.5. The third-order valence-electron chi connectivity index (χ3n) is 6.69. The molecular weight excluding hydrogens is 400 g/mol. The fourth-order valence-electron chi connectivity index (χ4n) is 5.39. The molecule has 0 aliphatic carbocycles. The molecule has 1 saturated heterocycles. The van der Waals surface area contributed by atoms with Crippen LogP contribution in [0.4, 0.5) is 0 Å². The van der Waals surface area contributed by atoms with Crippen molar-refractivity contribution < 1.29 is 14.6 Å². The van der Waals surface area contributed by atoms with Crippen LogP contribution in [0.3, 0.4) is 0 Å². The molecule has 166 valence electrons. The first-order valence-electron chi connectivity index (χ1n) is 11.5. The maximum atomic E-state index is 13.2. The number of fused-ring (bicyclic) bond motifs is 2. The predicted molar refractivity (Wildman–Crippen MR) is 127 cm³/mol. The second-order valence-corrected chi connectivity index (χ2v) is 9.41. The van der Waals surface area contributed by atoms with Crippen molar-refractivity contribution in [2.24, 2.45) is 11.8 Å². The van der Waals surface area contributed by atoms with E-state index in [-0.39, 0.29) is 11.5 Å². The lowest BCUT2D eigenvalue weighted by atomic mass is 9.91. The Morgan fingerprint density at radius 3 is 2.62 bits per heavy atom. The fraction of sp³-hybridized carbons (Fsp3) is 0.370. The Bertz CT molecular complexity index is 1210. The minimum Gasteiger partial charge on any atom is -0.507 e. The molecule has 0 spiro atoms. The highest BCUT2D eigenvalue weighted by atomic mass is 16.5. The first-order valence-corrected chi connectivity index (χ1v) is 11.5. The number of rotatable bonds is 4. The lowest BCUT2D eigenvalue weighted by Crippen LogP contribution is -2.38. The highest BCUT2D eigenvalue weighted by Crippen LogP contribution is 2.41. The zero-order chi connectivity index (χ0) is 22.4. The van der Waals surface area contributed by atoms with Crippen LogP contribution in [-0.2, 0) is 13.1 Å². The Labute approximate surface area is 188 Å². The minimum absolute atomic E-state index is 0.130. The Morgan fingerprint density at radius 2 is 1.88 bits per heavy atom. The normalized spacial score (nSPS) is 22.5. The van der Waals surface area contributed by atoms with Crippen molar-refractivity contribution in [1.82, 2.24) is 9.47 Å². The monoisotopic (exact) mass is 430 g/mol. The van der Waals surface area contributed by atoms with Gasteiger partial charge in [-0.15, -0.1) is 0 Å². The Balaban J connectivity index is 1.50. The number of hydrogen-bond donors (Lipinski definition) is 1. The number of nitrogens with zero attached hydrogens (tertiary/aromatic N) is 2. The average molecular weight is 431 g/mol. The molecule has 5 nitrogen and oxygen atoms in total. The van der Waals surface area contributed by atoms with Crippen LogP contribution < -0.4 is 4.74 Å². The molecule has 2 unspecified atom stereocenters. The molecule has 0 amide bonds. The van der Waals surface area contributed by atoms with Gasteiger partial charge in [0.25, 0.3) is 0 Å². The van der Waals surface area contributed by atoms with Crippen LogP contribution in [0.5, 0.6) is 11.5 Å². The van der Waals surface area contributed by atoms with Crippen LogP contribution in [0.15, 0.2) is 48.4 Å². The number of piperidine rings is 1. The molecule has 0 bridgehead atoms. The number of likely N-dealkylation sites (tertiary alicyclic amines) is 1. The molecule has 2 atom stereocenters. The number of carbonyl (C=O) groups excluding carboxylic acids is 1. The van der Waals surface area contributed by atoms with Gasteiger partial charge in [-0.05, 0) is 49.5 Å². The average Bonchev–Trinajstić information content (AvgIpc) is 3.28. The van der Waals surface area contributed by atoms with Crippen LogP contribution in [0.25, 0.3) is 17.0 Å². The molecular formula is C27H30N2O3. The Kier molecular flexibility index (Phi) is 5.30. The number of benzene rings is 2. The van der Waals surface area contributed by atoms with Crippen LogP contribution >= 0.6 is 0 Å². The smallest absolute Gasteiger partial charge is 0.231 e. The van der Waals surface area contributed by atoms with E-state index >= 15 is 0 Å². The maximum Gasteiger partial charge on any atom is 0.231 e. The molecule has 0 saturated carbocycles. The molecule has 1 fully saturated rings. The number of ether oxygens (including phenoxy) is 1. The molecule has 1 aromatic heterocycles. The van der Waals surface area contributed by atoms with E-state index in [4.69, 9.17) is 4.74 Å². The zero-order valence-corrected chi connectivity index (χ0v) is 19.0. The van der Waals surface area contributed by atoms with Gasteiger partial charge in [0.2, 0.25) is 5.78 Å². The summed E-state index contributed by atoms with van der Waals surface area (Å²) < 4.78 is 8.31. The molecule has 5 heteroatoms. The lowest BCUT2D eigenvalue weighted by Gasteiger charge is -2.35. The van der Waals surface area contributed by atoms with Gasteiger partial charge in [0.15, 0.2) is 5.76 Å². The van der Waals surface area contributed by atoms with Crippen LogP contribution in [-0.4, -0.2) is 33.4 Å². The number of ketones is 1. The lowest BCUT2D eigenvalue weighted by molar-refractivity contribution is 0.101. The van der Waals surface area contributed by atoms with E-state index in [0.29, 0.717) is 41.0 Å². The summed E-state index contributed by atoms with van der Waals surface area (Å²) in [6.07, 6.45) is 5.12. The summed E-state index contributed by atoms with van der Waals surface area (Å²) in [7, 11) is 0. The van der Waals surface area contributed by atoms with Crippen LogP contribution in [0.1, 0.15) is 48.7 Å². The van der Waals surface area contributed by atoms with Crippen LogP contribution in [0.2, 0.25) is 0 Å². The molecule has 3 aromatic rings. The number of phenolic OH excluding ortho intramolecular Hbond substituents is 1. The van der Waals surface area contributed by atoms with Gasteiger partial charge in [0.05, 0.1) is 11.1 Å². The second-order valence-electron chi connectivity index (χ2n) is 9.41. The van der Waals surface area contributed by atoms with Gasteiger partial charge in [-0.1, -0.05) is 32.0 Å². The number of hydrogen-bond acceptors (Lipinski definition) is 4. The van der Waals surface area contributed by atoms with Crippen molar-refractivity contribution >= 4 is 22.8 Å². The van der Waals surface area contributed by atoms with E-state index < -0.39 is 0 Å². The van der Waals surface area contributed by atoms with Crippen molar-refractivity contribution in [1.29, 1.82) is 0 Å². The predicted octanol–water partition coefficient (Wildman–Crippen LogP) is 5.46. The van der Waals surface area contributed by atoms with Crippen molar-refractivity contribution in [3.8, 4) is 11.5 Å². The van der Waals surface area contributed by atoms with Crippen molar-refractivity contribution in [3.63, 3.8) is 0 Å². The van der Waals surface area contributed by atoms with Crippen molar-refractivity contribution in [3.05, 3.63) is 65.0 Å². The van der Waals surface area contributed by atoms with E-state index in [9.17, 15) is 9.90 Å². The summed E-state index contributed by atoms with van der Waals surface area (Å²) in [5.74, 6) is 2.11. The number of para-hydroxylation sites is 1. The topological polar surface area (TPSA) is 54.7 Å². The van der Waals surface area contributed by atoms with Gasteiger partial charge in [0.1, 0.15) is 11.5 Å². The van der Waals surface area contributed by atoms with Crippen LogP contribution in [0, 0.1) is 11.8 Å². The molecule has 32 heavy (non-hydrogen) atoms. The van der Waals surface area contributed by atoms with E-state index in [1.54, 1.807) is 12.1 Å². The Morgan fingerprint density at radius 1 is 1.12 bits per heavy atom. The summed E-state index contributed by atoms with van der Waals surface area (Å²) in [6.45, 7) is 10.1. The first kappa shape index (κ1) is 20.8. The number of allylic oxidation sites excluding steroid dienone is 1. The quantitative estimate of drug-likeness (QED) is 0.559. The molecule has 2 aromatic carbocycles. The van der Waals surface area contributed by atoms with E-state index in [1.807, 2.05) is 18.2 Å². The number of carbonyl (C=O) groups is 1. The standard InChI is InChI=1S/C27H30N2O3/c1-4-29-15-19(20-7-5-6-8-23(20)29)12-25-26(31)21-9-10-24(30)22(27(21)32-25)16-28-13-17(2)11-18(3)14-28/h5-10,12,15,17-18,30H,4,11,13-14,16H2,1-3H3/b25-12-. The highest BCUT2D eigenvalue weighted by Gasteiger charge is 2.33. The fourth-order valence-corrected chi connectivity index (χ4v) is 5.39. The molecule has 3 heterocycles. The van der Waals surface area contributed by atoms with Gasteiger partial charge in [-0.3, -0.25) is 9.69 Å². The molecule has 5 rings (SSSR count). The number of aryl methyl sites for hydroxylation is 1. The maximum absolute atomic E-state index is 13.2. The van der Waals surface area contributed by atoms with Gasteiger partial charge in [-0.25, -0.2) is 0 Å². The molecule has 2 aliphatic heterocycles. The van der Waals surface area contributed by atoms with E-state index in [1.165, 1.54) is 6.42 Å². The summed E-state index contributed by atoms with van der Waals surface area (Å²) in [6, 6.07) is 11.5. The second kappa shape index (κ2) is 8.14.